The summed E-state index contributed by atoms with van der Waals surface area (Å²) in [5.74, 6) is 1.06. The summed E-state index contributed by atoms with van der Waals surface area (Å²) in [5, 5.41) is 1.96. The topological polar surface area (TPSA) is 55.2 Å². The summed E-state index contributed by atoms with van der Waals surface area (Å²) >= 11 is 0. The Morgan fingerprint density at radius 3 is 2.45 bits per heavy atom. The molecule has 1 amide bonds. The molecule has 1 aromatic rings. The SMILES string of the molecule is COc1ccc(C(=O)NN2CC[NH+](C)CC2)cc1OC. The molecule has 6 nitrogen and oxygen atoms in total. The molecule has 0 atom stereocenters. The Kier molecular flexibility index (Phi) is 4.81. The summed E-state index contributed by atoms with van der Waals surface area (Å²) in [6.45, 7) is 3.80. The van der Waals surface area contributed by atoms with Crippen LogP contribution < -0.4 is 19.8 Å². The molecule has 1 aliphatic heterocycles. The summed E-state index contributed by atoms with van der Waals surface area (Å²) in [7, 11) is 5.29. The number of quaternary nitrogens is 1. The number of piperazine rings is 1. The van der Waals surface area contributed by atoms with E-state index in [1.807, 2.05) is 5.01 Å². The number of nitrogens with zero attached hydrogens (tertiary/aromatic N) is 1. The molecule has 0 aliphatic carbocycles. The maximum atomic E-state index is 12.2. The van der Waals surface area contributed by atoms with Crippen LogP contribution in [0.3, 0.4) is 0 Å². The maximum Gasteiger partial charge on any atom is 0.265 e. The van der Waals surface area contributed by atoms with Crippen LogP contribution in [-0.2, 0) is 0 Å². The Morgan fingerprint density at radius 2 is 1.85 bits per heavy atom. The first kappa shape index (κ1) is 14.6. The average Bonchev–Trinajstić information content (AvgIpc) is 2.48. The third kappa shape index (κ3) is 3.40. The number of ether oxygens (including phenoxy) is 2. The van der Waals surface area contributed by atoms with Crippen molar-refractivity contribution in [2.24, 2.45) is 0 Å². The molecule has 1 fully saturated rings. The molecule has 0 unspecified atom stereocenters. The summed E-state index contributed by atoms with van der Waals surface area (Å²) in [6.07, 6.45) is 0. The van der Waals surface area contributed by atoms with Crippen molar-refractivity contribution in [2.75, 3.05) is 47.4 Å². The van der Waals surface area contributed by atoms with Crippen LogP contribution in [0.5, 0.6) is 11.5 Å². The van der Waals surface area contributed by atoms with Gasteiger partial charge in [0, 0.05) is 5.56 Å². The van der Waals surface area contributed by atoms with Crippen molar-refractivity contribution in [2.45, 2.75) is 0 Å². The molecule has 1 saturated heterocycles. The van der Waals surface area contributed by atoms with Gasteiger partial charge in [0.15, 0.2) is 11.5 Å². The molecule has 0 radical (unpaired) electrons. The normalized spacial score (nSPS) is 16.8. The van der Waals surface area contributed by atoms with E-state index in [0.717, 1.165) is 26.2 Å². The van der Waals surface area contributed by atoms with Gasteiger partial charge in [-0.15, -0.1) is 0 Å². The number of carbonyl (C=O) groups is 1. The molecule has 0 bridgehead atoms. The zero-order chi connectivity index (χ0) is 14.5. The predicted octanol–water partition coefficient (Wildman–Crippen LogP) is -0.821. The van der Waals surface area contributed by atoms with Gasteiger partial charge in [-0.05, 0) is 18.2 Å². The molecule has 2 rings (SSSR count). The van der Waals surface area contributed by atoms with Gasteiger partial charge in [-0.2, -0.15) is 0 Å². The smallest absolute Gasteiger partial charge is 0.265 e. The Labute approximate surface area is 119 Å². The monoisotopic (exact) mass is 280 g/mol. The first-order valence-electron chi connectivity index (χ1n) is 6.73. The summed E-state index contributed by atoms with van der Waals surface area (Å²) in [5.41, 5.74) is 3.49. The zero-order valence-electron chi connectivity index (χ0n) is 12.2. The molecule has 1 aromatic carbocycles. The molecule has 1 aliphatic rings. The Bertz CT molecular complexity index is 471. The van der Waals surface area contributed by atoms with Crippen molar-refractivity contribution < 1.29 is 19.2 Å². The summed E-state index contributed by atoms with van der Waals surface area (Å²) in [6, 6.07) is 5.16. The number of hydrogen-bond donors (Lipinski definition) is 2. The number of likely N-dealkylation sites (N-methyl/N-ethyl adjacent to an activating group) is 1. The zero-order valence-corrected chi connectivity index (χ0v) is 12.2. The van der Waals surface area contributed by atoms with Crippen LogP contribution in [0, 0.1) is 0 Å². The molecule has 0 saturated carbocycles. The molecule has 0 spiro atoms. The number of rotatable bonds is 4. The van der Waals surface area contributed by atoms with Crippen molar-refractivity contribution in [1.82, 2.24) is 10.4 Å². The quantitative estimate of drug-likeness (QED) is 0.757. The van der Waals surface area contributed by atoms with E-state index >= 15 is 0 Å². The van der Waals surface area contributed by atoms with Gasteiger partial charge in [0.2, 0.25) is 0 Å². The van der Waals surface area contributed by atoms with Crippen LogP contribution >= 0.6 is 0 Å². The molecule has 0 aromatic heterocycles. The van der Waals surface area contributed by atoms with E-state index in [9.17, 15) is 4.79 Å². The Morgan fingerprint density at radius 1 is 1.20 bits per heavy atom. The molecular weight excluding hydrogens is 258 g/mol. The second-order valence-electron chi connectivity index (χ2n) is 4.95. The van der Waals surface area contributed by atoms with E-state index in [2.05, 4.69) is 12.5 Å². The highest BCUT2D eigenvalue weighted by Crippen LogP contribution is 2.27. The first-order chi connectivity index (χ1) is 9.63. The first-order valence-corrected chi connectivity index (χ1v) is 6.73. The number of nitrogens with one attached hydrogen (secondary N) is 2. The number of methoxy groups -OCH3 is 2. The largest absolute Gasteiger partial charge is 0.493 e. The predicted molar refractivity (Wildman–Crippen MR) is 75.2 cm³/mol. The van der Waals surface area contributed by atoms with Gasteiger partial charge in [0.25, 0.3) is 5.91 Å². The van der Waals surface area contributed by atoms with Crippen LogP contribution in [-0.4, -0.2) is 58.4 Å². The van der Waals surface area contributed by atoms with Crippen molar-refractivity contribution >= 4 is 5.91 Å². The van der Waals surface area contributed by atoms with E-state index in [1.165, 1.54) is 4.90 Å². The molecule has 110 valence electrons. The minimum absolute atomic E-state index is 0.120. The van der Waals surface area contributed by atoms with Crippen molar-refractivity contribution in [3.8, 4) is 11.5 Å². The minimum Gasteiger partial charge on any atom is -0.493 e. The molecular formula is C14H22N3O3+. The van der Waals surface area contributed by atoms with Gasteiger partial charge >= 0.3 is 0 Å². The highest BCUT2D eigenvalue weighted by atomic mass is 16.5. The lowest BCUT2D eigenvalue weighted by Crippen LogP contribution is -3.12. The summed E-state index contributed by atoms with van der Waals surface area (Å²) in [4.78, 5) is 13.7. The maximum absolute atomic E-state index is 12.2. The Hall–Kier alpha value is -1.79. The molecule has 2 N–H and O–H groups in total. The minimum atomic E-state index is -0.120. The highest BCUT2D eigenvalue weighted by molar-refractivity contribution is 5.94. The van der Waals surface area contributed by atoms with E-state index < -0.39 is 0 Å². The number of hydrogen-bond acceptors (Lipinski definition) is 4. The lowest BCUT2D eigenvalue weighted by molar-refractivity contribution is -0.884. The second kappa shape index (κ2) is 6.58. The van der Waals surface area contributed by atoms with Crippen molar-refractivity contribution in [3.05, 3.63) is 23.8 Å². The summed E-state index contributed by atoms with van der Waals surface area (Å²) < 4.78 is 10.4. The molecule has 20 heavy (non-hydrogen) atoms. The standard InChI is InChI=1S/C14H21N3O3/c1-16-6-8-17(9-7-16)15-14(18)11-4-5-12(19-2)13(10-11)20-3/h4-5,10H,6-9H2,1-3H3,(H,15,18)/p+1. The number of benzene rings is 1. The highest BCUT2D eigenvalue weighted by Gasteiger charge is 2.19. The number of hydrazine groups is 1. The van der Waals surface area contributed by atoms with Crippen LogP contribution in [0.15, 0.2) is 18.2 Å². The third-order valence-corrected chi connectivity index (χ3v) is 3.52. The average molecular weight is 280 g/mol. The fraction of sp³-hybridized carbons (Fsp3) is 0.500. The lowest BCUT2D eigenvalue weighted by Gasteiger charge is -2.30. The van der Waals surface area contributed by atoms with Crippen LogP contribution in [0.25, 0.3) is 0 Å². The second-order valence-corrected chi connectivity index (χ2v) is 4.95. The van der Waals surface area contributed by atoms with Crippen molar-refractivity contribution in [1.29, 1.82) is 0 Å². The van der Waals surface area contributed by atoms with Gasteiger partial charge in [-0.1, -0.05) is 0 Å². The van der Waals surface area contributed by atoms with Crippen LogP contribution in [0.1, 0.15) is 10.4 Å². The van der Waals surface area contributed by atoms with E-state index in [4.69, 9.17) is 9.47 Å². The van der Waals surface area contributed by atoms with E-state index in [1.54, 1.807) is 32.4 Å². The fourth-order valence-corrected chi connectivity index (χ4v) is 2.19. The van der Waals surface area contributed by atoms with Gasteiger partial charge in [0.05, 0.1) is 47.4 Å². The van der Waals surface area contributed by atoms with Crippen LogP contribution in [0.2, 0.25) is 0 Å². The molecule has 1 heterocycles. The lowest BCUT2D eigenvalue weighted by atomic mass is 10.2. The van der Waals surface area contributed by atoms with Gasteiger partial charge in [-0.3, -0.25) is 10.2 Å². The van der Waals surface area contributed by atoms with Gasteiger partial charge in [0.1, 0.15) is 0 Å². The third-order valence-electron chi connectivity index (χ3n) is 3.52. The number of amides is 1. The molecule has 6 heteroatoms. The van der Waals surface area contributed by atoms with E-state index in [0.29, 0.717) is 17.1 Å². The number of carbonyl (C=O) groups excluding carboxylic acids is 1. The van der Waals surface area contributed by atoms with E-state index in [-0.39, 0.29) is 5.91 Å². The van der Waals surface area contributed by atoms with Gasteiger partial charge < -0.3 is 14.4 Å². The Balaban J connectivity index is 2.02. The van der Waals surface area contributed by atoms with Gasteiger partial charge in [-0.25, -0.2) is 5.01 Å². The van der Waals surface area contributed by atoms with Crippen molar-refractivity contribution in [3.63, 3.8) is 0 Å². The fourth-order valence-electron chi connectivity index (χ4n) is 2.19. The van der Waals surface area contributed by atoms with Crippen LogP contribution in [0.4, 0.5) is 0 Å².